The second-order valence-corrected chi connectivity index (χ2v) is 3.46. The Kier molecular flexibility index (Phi) is 2.94. The Balaban J connectivity index is 2.52. The molecular weight excluding hydrogens is 212 g/mol. The van der Waals surface area contributed by atoms with E-state index in [4.69, 9.17) is 16.7 Å². The number of nitrogens with zero attached hydrogens (tertiary/aromatic N) is 2. The molecule has 2 aromatic rings. The van der Waals surface area contributed by atoms with Gasteiger partial charge < -0.3 is 5.11 Å². The maximum atomic E-state index is 8.98. The highest BCUT2D eigenvalue weighted by atomic mass is 35.5. The minimum Gasteiger partial charge on any atom is -0.390 e. The van der Waals surface area contributed by atoms with Crippen LogP contribution in [0.25, 0.3) is 11.1 Å². The number of aliphatic hydroxyl groups is 1. The van der Waals surface area contributed by atoms with Crippen molar-refractivity contribution < 1.29 is 5.11 Å². The van der Waals surface area contributed by atoms with Crippen molar-refractivity contribution in [3.05, 3.63) is 47.5 Å². The Hall–Kier alpha value is -1.45. The third kappa shape index (κ3) is 2.14. The molecule has 4 heteroatoms. The molecular formula is C11H9ClN2O. The summed E-state index contributed by atoms with van der Waals surface area (Å²) in [5, 5.41) is 9.53. The predicted octanol–water partition coefficient (Wildman–Crippen LogP) is 2.29. The SMILES string of the molecule is OCc1cc(-c2cccnc2)c(Cl)cn1. The van der Waals surface area contributed by atoms with Crippen molar-refractivity contribution in [3.8, 4) is 11.1 Å². The molecule has 15 heavy (non-hydrogen) atoms. The molecule has 0 aliphatic heterocycles. The summed E-state index contributed by atoms with van der Waals surface area (Å²) >= 11 is 6.02. The van der Waals surface area contributed by atoms with Gasteiger partial charge in [0.2, 0.25) is 0 Å². The quantitative estimate of drug-likeness (QED) is 0.845. The predicted molar refractivity (Wildman–Crippen MR) is 58.4 cm³/mol. The first-order chi connectivity index (χ1) is 7.31. The molecule has 2 heterocycles. The lowest BCUT2D eigenvalue weighted by Gasteiger charge is -2.04. The average Bonchev–Trinajstić information content (AvgIpc) is 2.31. The Morgan fingerprint density at radius 1 is 1.33 bits per heavy atom. The second kappa shape index (κ2) is 4.38. The van der Waals surface area contributed by atoms with E-state index >= 15 is 0 Å². The molecule has 0 saturated heterocycles. The van der Waals surface area contributed by atoms with Crippen LogP contribution in [0.1, 0.15) is 5.69 Å². The van der Waals surface area contributed by atoms with Crippen molar-refractivity contribution in [3.63, 3.8) is 0 Å². The Bertz CT molecular complexity index is 459. The van der Waals surface area contributed by atoms with Gasteiger partial charge in [0, 0.05) is 29.7 Å². The maximum absolute atomic E-state index is 8.98. The maximum Gasteiger partial charge on any atom is 0.0853 e. The first kappa shape index (κ1) is 10.1. The summed E-state index contributed by atoms with van der Waals surface area (Å²) in [5.74, 6) is 0. The third-order valence-electron chi connectivity index (χ3n) is 2.05. The van der Waals surface area contributed by atoms with E-state index < -0.39 is 0 Å². The summed E-state index contributed by atoms with van der Waals surface area (Å²) < 4.78 is 0. The van der Waals surface area contributed by atoms with Crippen LogP contribution < -0.4 is 0 Å². The summed E-state index contributed by atoms with van der Waals surface area (Å²) in [6, 6.07) is 5.51. The van der Waals surface area contributed by atoms with E-state index in [1.54, 1.807) is 18.5 Å². The van der Waals surface area contributed by atoms with E-state index in [1.165, 1.54) is 6.20 Å². The molecule has 2 aromatic heterocycles. The summed E-state index contributed by atoms with van der Waals surface area (Å²) in [6.45, 7) is -0.0928. The Labute approximate surface area is 92.4 Å². The highest BCUT2D eigenvalue weighted by Gasteiger charge is 2.05. The summed E-state index contributed by atoms with van der Waals surface area (Å²) in [4.78, 5) is 8.00. The van der Waals surface area contributed by atoms with Gasteiger partial charge in [-0.05, 0) is 12.1 Å². The largest absolute Gasteiger partial charge is 0.390 e. The van der Waals surface area contributed by atoms with Crippen molar-refractivity contribution >= 4 is 11.6 Å². The molecule has 0 spiro atoms. The number of halogens is 1. The normalized spacial score (nSPS) is 10.3. The zero-order chi connectivity index (χ0) is 10.7. The number of pyridine rings is 2. The number of aromatic nitrogens is 2. The first-order valence-corrected chi connectivity index (χ1v) is 4.84. The monoisotopic (exact) mass is 220 g/mol. The van der Waals surface area contributed by atoms with Gasteiger partial charge in [0.05, 0.1) is 17.3 Å². The molecule has 0 aliphatic rings. The van der Waals surface area contributed by atoms with Gasteiger partial charge in [-0.2, -0.15) is 0 Å². The fourth-order valence-corrected chi connectivity index (χ4v) is 1.52. The molecule has 0 aliphatic carbocycles. The van der Waals surface area contributed by atoms with Gasteiger partial charge in [0.25, 0.3) is 0 Å². The van der Waals surface area contributed by atoms with Gasteiger partial charge in [-0.25, -0.2) is 0 Å². The highest BCUT2D eigenvalue weighted by Crippen LogP contribution is 2.26. The fraction of sp³-hybridized carbons (Fsp3) is 0.0909. The molecule has 0 fully saturated rings. The molecule has 0 saturated carbocycles. The number of hydrogen-bond acceptors (Lipinski definition) is 3. The van der Waals surface area contributed by atoms with Crippen LogP contribution in [0.5, 0.6) is 0 Å². The zero-order valence-corrected chi connectivity index (χ0v) is 8.65. The highest BCUT2D eigenvalue weighted by molar-refractivity contribution is 6.33. The molecule has 0 amide bonds. The van der Waals surface area contributed by atoms with Crippen LogP contribution in [-0.2, 0) is 6.61 Å². The van der Waals surface area contributed by atoms with Crippen LogP contribution in [0.4, 0.5) is 0 Å². The molecule has 0 atom stereocenters. The fourth-order valence-electron chi connectivity index (χ4n) is 1.31. The minimum atomic E-state index is -0.0928. The van der Waals surface area contributed by atoms with Gasteiger partial charge in [-0.3, -0.25) is 9.97 Å². The van der Waals surface area contributed by atoms with E-state index in [1.807, 2.05) is 12.1 Å². The molecule has 0 unspecified atom stereocenters. The van der Waals surface area contributed by atoms with E-state index in [0.29, 0.717) is 10.7 Å². The molecule has 1 N–H and O–H groups in total. The Morgan fingerprint density at radius 3 is 2.87 bits per heavy atom. The van der Waals surface area contributed by atoms with E-state index in [-0.39, 0.29) is 6.61 Å². The second-order valence-electron chi connectivity index (χ2n) is 3.06. The summed E-state index contributed by atoms with van der Waals surface area (Å²) in [6.07, 6.45) is 4.96. The topological polar surface area (TPSA) is 46.0 Å². The van der Waals surface area contributed by atoms with E-state index in [0.717, 1.165) is 11.1 Å². The van der Waals surface area contributed by atoms with E-state index in [2.05, 4.69) is 9.97 Å². The first-order valence-electron chi connectivity index (χ1n) is 4.47. The number of rotatable bonds is 2. The van der Waals surface area contributed by atoms with Gasteiger partial charge in [0.1, 0.15) is 0 Å². The van der Waals surface area contributed by atoms with Gasteiger partial charge >= 0.3 is 0 Å². The molecule has 3 nitrogen and oxygen atoms in total. The Morgan fingerprint density at radius 2 is 2.20 bits per heavy atom. The third-order valence-corrected chi connectivity index (χ3v) is 2.35. The molecule has 0 bridgehead atoms. The van der Waals surface area contributed by atoms with Crippen LogP contribution in [0.15, 0.2) is 36.8 Å². The van der Waals surface area contributed by atoms with Crippen LogP contribution in [-0.4, -0.2) is 15.1 Å². The van der Waals surface area contributed by atoms with E-state index in [9.17, 15) is 0 Å². The van der Waals surface area contributed by atoms with Crippen LogP contribution in [0.2, 0.25) is 5.02 Å². The lowest BCUT2D eigenvalue weighted by atomic mass is 10.1. The van der Waals surface area contributed by atoms with Gasteiger partial charge in [-0.1, -0.05) is 17.7 Å². The lowest BCUT2D eigenvalue weighted by molar-refractivity contribution is 0.277. The molecule has 76 valence electrons. The van der Waals surface area contributed by atoms with Crippen LogP contribution in [0.3, 0.4) is 0 Å². The lowest BCUT2D eigenvalue weighted by Crippen LogP contribution is -1.90. The molecule has 2 rings (SSSR count). The number of aliphatic hydroxyl groups excluding tert-OH is 1. The van der Waals surface area contributed by atoms with Crippen molar-refractivity contribution in [2.24, 2.45) is 0 Å². The van der Waals surface area contributed by atoms with Gasteiger partial charge in [-0.15, -0.1) is 0 Å². The van der Waals surface area contributed by atoms with Crippen LogP contribution in [0, 0.1) is 0 Å². The van der Waals surface area contributed by atoms with Crippen molar-refractivity contribution in [2.45, 2.75) is 6.61 Å². The summed E-state index contributed by atoms with van der Waals surface area (Å²) in [5.41, 5.74) is 2.35. The molecule has 0 radical (unpaired) electrons. The van der Waals surface area contributed by atoms with Crippen molar-refractivity contribution in [1.82, 2.24) is 9.97 Å². The average molecular weight is 221 g/mol. The van der Waals surface area contributed by atoms with Crippen molar-refractivity contribution in [2.75, 3.05) is 0 Å². The minimum absolute atomic E-state index is 0.0928. The molecule has 0 aromatic carbocycles. The van der Waals surface area contributed by atoms with Gasteiger partial charge in [0.15, 0.2) is 0 Å². The number of hydrogen-bond donors (Lipinski definition) is 1. The van der Waals surface area contributed by atoms with Crippen molar-refractivity contribution in [1.29, 1.82) is 0 Å². The standard InChI is InChI=1S/C11H9ClN2O/c12-11-6-14-9(7-15)4-10(11)8-2-1-3-13-5-8/h1-6,15H,7H2. The van der Waals surface area contributed by atoms with Crippen LogP contribution >= 0.6 is 11.6 Å². The smallest absolute Gasteiger partial charge is 0.0853 e. The zero-order valence-electron chi connectivity index (χ0n) is 7.89. The summed E-state index contributed by atoms with van der Waals surface area (Å²) in [7, 11) is 0.